The second kappa shape index (κ2) is 15.7. The van der Waals surface area contributed by atoms with Gasteiger partial charge >= 0.3 is 29.6 Å². The Morgan fingerprint density at radius 2 is 1.39 bits per heavy atom. The second-order valence-corrected chi connectivity index (χ2v) is 5.03. The zero-order valence-corrected chi connectivity index (χ0v) is 14.6. The van der Waals surface area contributed by atoms with Crippen LogP contribution in [0.4, 0.5) is 0 Å². The van der Waals surface area contributed by atoms with Gasteiger partial charge in [-0.05, 0) is 6.42 Å². The molecule has 0 fully saturated rings. The summed E-state index contributed by atoms with van der Waals surface area (Å²) in [6, 6.07) is 0. The van der Waals surface area contributed by atoms with E-state index in [9.17, 15) is 4.79 Å². The van der Waals surface area contributed by atoms with Gasteiger partial charge in [-0.25, -0.2) is 0 Å². The van der Waals surface area contributed by atoms with E-state index < -0.39 is 0 Å². The maximum Gasteiger partial charge on any atom is 1.00 e. The fourth-order valence-electron chi connectivity index (χ4n) is 2.01. The number of carbonyl (C=O) groups is 1. The molecule has 0 radical (unpaired) electrons. The van der Waals surface area contributed by atoms with Gasteiger partial charge in [-0.1, -0.05) is 64.7 Å². The fraction of sp³-hybridized carbons (Fsp3) is 0.867. The summed E-state index contributed by atoms with van der Waals surface area (Å²) < 4.78 is 0. The molecule has 3 heteroatoms. The van der Waals surface area contributed by atoms with Gasteiger partial charge in [0, 0.05) is 6.42 Å². The fourth-order valence-corrected chi connectivity index (χ4v) is 2.01. The molecule has 0 spiro atoms. The van der Waals surface area contributed by atoms with Crippen LogP contribution in [0.15, 0.2) is 0 Å². The number of aliphatic hydroxyl groups is 1. The van der Waals surface area contributed by atoms with Gasteiger partial charge in [-0.2, -0.15) is 13.0 Å². The number of hydrogen-bond donors (Lipinski definition) is 1. The van der Waals surface area contributed by atoms with Gasteiger partial charge in [-0.3, -0.25) is 0 Å². The first kappa shape index (κ1) is 20.9. The van der Waals surface area contributed by atoms with Gasteiger partial charge in [-0.15, -0.1) is 0 Å². The number of hydrogen-bond acceptors (Lipinski definition) is 2. The van der Waals surface area contributed by atoms with Gasteiger partial charge < -0.3 is 9.90 Å². The second-order valence-electron chi connectivity index (χ2n) is 5.03. The number of aliphatic hydroxyl groups excluding tert-OH is 1. The van der Waals surface area contributed by atoms with Crippen molar-refractivity contribution in [2.75, 3.05) is 0 Å². The number of unbranched alkanes of at least 4 members (excludes halogenated alkanes) is 8. The molecule has 0 aliphatic rings. The standard InChI is InChI=1S/C15H29O2.Na/c1-3-4-5-6-7-8-9-10-11-12-15(17)13-14(2)16;/h16H,3-13H2,1-2H3;/q-1;+1. The smallest absolute Gasteiger partial charge is 0.563 e. The predicted molar refractivity (Wildman–Crippen MR) is 72.3 cm³/mol. The molecule has 1 N–H and O–H groups in total. The van der Waals surface area contributed by atoms with Crippen LogP contribution < -0.4 is 29.6 Å². The predicted octanol–water partition coefficient (Wildman–Crippen LogP) is 1.79. The molecular weight excluding hydrogens is 235 g/mol. The molecule has 0 saturated carbocycles. The molecule has 0 bridgehead atoms. The Balaban J connectivity index is 0. The van der Waals surface area contributed by atoms with E-state index in [2.05, 4.69) is 6.92 Å². The Labute approximate surface area is 135 Å². The van der Waals surface area contributed by atoms with E-state index in [1.807, 2.05) is 0 Å². The normalized spacial score (nSPS) is 10.4. The molecule has 0 aromatic heterocycles. The van der Waals surface area contributed by atoms with E-state index >= 15 is 0 Å². The van der Waals surface area contributed by atoms with E-state index in [1.165, 1.54) is 44.9 Å². The number of rotatable bonds is 12. The third-order valence-corrected chi connectivity index (χ3v) is 3.01. The molecule has 0 heterocycles. The number of carbonyl (C=O) groups excluding carboxylic acids is 1. The van der Waals surface area contributed by atoms with Crippen molar-refractivity contribution in [2.24, 2.45) is 0 Å². The molecule has 0 unspecified atom stereocenters. The minimum absolute atomic E-state index is 0. The van der Waals surface area contributed by atoms with Crippen LogP contribution >= 0.6 is 0 Å². The summed E-state index contributed by atoms with van der Waals surface area (Å²) in [7, 11) is 0. The number of Topliss-reactive ketones (excluding diaryl/α,β-unsaturated/α-hetero) is 1. The van der Waals surface area contributed by atoms with E-state index in [0.29, 0.717) is 6.42 Å². The van der Waals surface area contributed by atoms with Crippen LogP contribution in [0.2, 0.25) is 0 Å². The van der Waals surface area contributed by atoms with Gasteiger partial charge in [0.15, 0.2) is 0 Å². The van der Waals surface area contributed by atoms with Crippen LogP contribution in [0.3, 0.4) is 0 Å². The van der Waals surface area contributed by atoms with E-state index in [-0.39, 0.29) is 47.9 Å². The SMILES string of the molecule is CCCCCCCCCCCC(=O)C[C-](C)O.[Na+]. The van der Waals surface area contributed by atoms with Crippen molar-refractivity contribution in [3.63, 3.8) is 0 Å². The molecule has 0 rings (SSSR count). The summed E-state index contributed by atoms with van der Waals surface area (Å²) in [6.07, 6.45) is 12.6. The Morgan fingerprint density at radius 1 is 0.944 bits per heavy atom. The molecule has 0 aliphatic heterocycles. The quantitative estimate of drug-likeness (QED) is 0.331. The van der Waals surface area contributed by atoms with Crippen molar-refractivity contribution in [3.05, 3.63) is 6.10 Å². The van der Waals surface area contributed by atoms with E-state index in [0.717, 1.165) is 12.8 Å². The summed E-state index contributed by atoms with van der Waals surface area (Å²) >= 11 is 0. The summed E-state index contributed by atoms with van der Waals surface area (Å²) in [5.41, 5.74) is 0. The van der Waals surface area contributed by atoms with Crippen molar-refractivity contribution >= 4 is 5.78 Å². The molecule has 0 aromatic rings. The van der Waals surface area contributed by atoms with Crippen LogP contribution in [0.5, 0.6) is 0 Å². The monoisotopic (exact) mass is 264 g/mol. The summed E-state index contributed by atoms with van der Waals surface area (Å²) in [5.74, 6) is 0.174. The molecule has 0 saturated heterocycles. The summed E-state index contributed by atoms with van der Waals surface area (Å²) in [5, 5.41) is 8.96. The first-order chi connectivity index (χ1) is 8.16. The zero-order chi connectivity index (χ0) is 12.9. The van der Waals surface area contributed by atoms with Crippen molar-refractivity contribution < 1.29 is 39.5 Å². The van der Waals surface area contributed by atoms with E-state index in [1.54, 1.807) is 6.92 Å². The maximum atomic E-state index is 11.3. The third kappa shape index (κ3) is 16.6. The minimum Gasteiger partial charge on any atom is -0.563 e. The van der Waals surface area contributed by atoms with Crippen LogP contribution in [0.1, 0.15) is 84.5 Å². The van der Waals surface area contributed by atoms with Crippen LogP contribution in [0.25, 0.3) is 0 Å². The van der Waals surface area contributed by atoms with Gasteiger partial charge in [0.2, 0.25) is 0 Å². The van der Waals surface area contributed by atoms with Crippen LogP contribution in [0, 0.1) is 6.10 Å². The van der Waals surface area contributed by atoms with Gasteiger partial charge in [0.1, 0.15) is 5.78 Å². The molecule has 2 nitrogen and oxygen atoms in total. The van der Waals surface area contributed by atoms with Crippen molar-refractivity contribution in [1.82, 2.24) is 0 Å². The Morgan fingerprint density at radius 3 is 1.83 bits per heavy atom. The van der Waals surface area contributed by atoms with Crippen molar-refractivity contribution in [2.45, 2.75) is 84.5 Å². The Hall–Kier alpha value is 0.630. The molecule has 18 heavy (non-hydrogen) atoms. The average molecular weight is 264 g/mol. The number of ketones is 1. The molecule has 0 amide bonds. The van der Waals surface area contributed by atoms with Crippen molar-refractivity contribution in [3.8, 4) is 0 Å². The topological polar surface area (TPSA) is 37.3 Å². The minimum atomic E-state index is 0. The maximum absolute atomic E-state index is 11.3. The van der Waals surface area contributed by atoms with Crippen molar-refractivity contribution in [1.29, 1.82) is 0 Å². The molecule has 102 valence electrons. The van der Waals surface area contributed by atoms with Gasteiger partial charge in [0.05, 0.1) is 0 Å². The summed E-state index contributed by atoms with van der Waals surface area (Å²) in [6.45, 7) is 3.83. The first-order valence-corrected chi connectivity index (χ1v) is 7.20. The van der Waals surface area contributed by atoms with E-state index in [4.69, 9.17) is 5.11 Å². The summed E-state index contributed by atoms with van der Waals surface area (Å²) in [4.78, 5) is 11.3. The Bertz CT molecular complexity index is 181. The molecule has 0 atom stereocenters. The first-order valence-electron chi connectivity index (χ1n) is 7.20. The molecular formula is C15H29NaO2. The third-order valence-electron chi connectivity index (χ3n) is 3.01. The largest absolute Gasteiger partial charge is 1.00 e. The average Bonchev–Trinajstić information content (AvgIpc) is 2.26. The molecule has 0 aromatic carbocycles. The Kier molecular flexibility index (Phi) is 18.2. The zero-order valence-electron chi connectivity index (χ0n) is 12.6. The molecule has 0 aliphatic carbocycles. The van der Waals surface area contributed by atoms with Gasteiger partial charge in [0.25, 0.3) is 0 Å². The van der Waals surface area contributed by atoms with Crippen LogP contribution in [-0.4, -0.2) is 10.9 Å². The van der Waals surface area contributed by atoms with Crippen LogP contribution in [-0.2, 0) is 4.79 Å².